The average molecular weight is 443 g/mol. The van der Waals surface area contributed by atoms with E-state index in [1.54, 1.807) is 16.4 Å². The second kappa shape index (κ2) is 7.76. The quantitative estimate of drug-likeness (QED) is 0.403. The maximum Gasteiger partial charge on any atom is 0.244 e. The zero-order valence-electron chi connectivity index (χ0n) is 18.2. The van der Waals surface area contributed by atoms with E-state index < -0.39 is 16.1 Å². The third-order valence-corrected chi connectivity index (χ3v) is 8.24. The Morgan fingerprint density at radius 1 is 0.938 bits per heavy atom. The molecular formula is C27H26N2O2S. The van der Waals surface area contributed by atoms with E-state index >= 15 is 0 Å². The molecule has 1 aliphatic rings. The minimum atomic E-state index is -3.74. The van der Waals surface area contributed by atoms with Gasteiger partial charge in [-0.3, -0.25) is 0 Å². The number of aromatic amines is 1. The van der Waals surface area contributed by atoms with Crippen LogP contribution >= 0.6 is 0 Å². The van der Waals surface area contributed by atoms with Crippen molar-refractivity contribution in [2.24, 2.45) is 0 Å². The third-order valence-electron chi connectivity index (χ3n) is 6.39. The molecule has 0 unspecified atom stereocenters. The topological polar surface area (TPSA) is 53.2 Å². The lowest BCUT2D eigenvalue weighted by molar-refractivity contribution is 0.327. The van der Waals surface area contributed by atoms with Gasteiger partial charge in [0.1, 0.15) is 0 Å². The van der Waals surface area contributed by atoms with Gasteiger partial charge in [-0.05, 0) is 43.2 Å². The molecular weight excluding hydrogens is 416 g/mol. The fraction of sp³-hybridized carbons (Fsp3) is 0.185. The van der Waals surface area contributed by atoms with Gasteiger partial charge in [0.15, 0.2) is 0 Å². The molecule has 0 saturated carbocycles. The SMILES string of the molecule is C=C[C@H]1CN(S(=O)(=O)c2ccc(C)cc2)[C@@H](c2ccc(C)cc2)c2[nH]c3ccccc3c21. The number of hydrogen-bond donors (Lipinski definition) is 1. The van der Waals surface area contributed by atoms with Gasteiger partial charge in [0.2, 0.25) is 10.0 Å². The van der Waals surface area contributed by atoms with E-state index in [2.05, 4.69) is 17.6 Å². The maximum absolute atomic E-state index is 13.9. The van der Waals surface area contributed by atoms with Crippen molar-refractivity contribution in [3.05, 3.63) is 113 Å². The number of nitrogens with zero attached hydrogens (tertiary/aromatic N) is 1. The van der Waals surface area contributed by atoms with Crippen LogP contribution in [0.2, 0.25) is 0 Å². The molecule has 0 bridgehead atoms. The van der Waals surface area contributed by atoms with Crippen molar-refractivity contribution in [3.8, 4) is 0 Å². The Balaban J connectivity index is 1.76. The first kappa shape index (κ1) is 20.7. The smallest absolute Gasteiger partial charge is 0.244 e. The van der Waals surface area contributed by atoms with Crippen LogP contribution in [0.3, 0.4) is 0 Å². The first-order valence-electron chi connectivity index (χ1n) is 10.8. The second-order valence-corrected chi connectivity index (χ2v) is 10.4. The van der Waals surface area contributed by atoms with Crippen LogP contribution in [0.15, 0.2) is 90.3 Å². The minimum Gasteiger partial charge on any atom is -0.357 e. The zero-order chi connectivity index (χ0) is 22.5. The Morgan fingerprint density at radius 3 is 2.22 bits per heavy atom. The lowest BCUT2D eigenvalue weighted by atomic mass is 9.87. The minimum absolute atomic E-state index is 0.108. The van der Waals surface area contributed by atoms with Gasteiger partial charge in [0.05, 0.1) is 10.9 Å². The molecule has 1 N–H and O–H groups in total. The van der Waals surface area contributed by atoms with Crippen LogP contribution in [0, 0.1) is 13.8 Å². The van der Waals surface area contributed by atoms with Crippen molar-refractivity contribution >= 4 is 20.9 Å². The van der Waals surface area contributed by atoms with E-state index in [4.69, 9.17) is 0 Å². The van der Waals surface area contributed by atoms with E-state index in [9.17, 15) is 8.42 Å². The number of fused-ring (bicyclic) bond motifs is 3. The van der Waals surface area contributed by atoms with Gasteiger partial charge in [0, 0.05) is 29.1 Å². The highest BCUT2D eigenvalue weighted by atomic mass is 32.2. The molecule has 0 aliphatic carbocycles. The number of nitrogens with one attached hydrogen (secondary N) is 1. The van der Waals surface area contributed by atoms with Crippen molar-refractivity contribution in [1.82, 2.24) is 9.29 Å². The lowest BCUT2D eigenvalue weighted by Gasteiger charge is -2.38. The third kappa shape index (κ3) is 3.29. The van der Waals surface area contributed by atoms with Crippen LogP contribution in [0.25, 0.3) is 10.9 Å². The summed E-state index contributed by atoms with van der Waals surface area (Å²) in [5.74, 6) is -0.108. The van der Waals surface area contributed by atoms with Gasteiger partial charge in [-0.25, -0.2) is 8.42 Å². The summed E-state index contributed by atoms with van der Waals surface area (Å²) in [4.78, 5) is 3.86. The monoisotopic (exact) mass is 442 g/mol. The summed E-state index contributed by atoms with van der Waals surface area (Å²) in [6, 6.07) is 22.9. The Labute approximate surface area is 189 Å². The molecule has 1 aliphatic heterocycles. The average Bonchev–Trinajstić information content (AvgIpc) is 3.18. The highest BCUT2D eigenvalue weighted by Crippen LogP contribution is 2.45. The molecule has 0 radical (unpaired) electrons. The van der Waals surface area contributed by atoms with Gasteiger partial charge >= 0.3 is 0 Å². The van der Waals surface area contributed by atoms with E-state index in [1.807, 2.05) is 74.5 Å². The van der Waals surface area contributed by atoms with Crippen LogP contribution < -0.4 is 0 Å². The molecule has 4 nitrogen and oxygen atoms in total. The van der Waals surface area contributed by atoms with Crippen molar-refractivity contribution in [2.75, 3.05) is 6.54 Å². The fourth-order valence-corrected chi connectivity index (χ4v) is 6.30. The molecule has 3 aromatic carbocycles. The van der Waals surface area contributed by atoms with Gasteiger partial charge in [-0.2, -0.15) is 4.31 Å². The number of H-pyrrole nitrogens is 1. The normalized spacial score (nSPS) is 19.1. The molecule has 0 spiro atoms. The molecule has 4 aromatic rings. The Kier molecular flexibility index (Phi) is 5.03. The van der Waals surface area contributed by atoms with Gasteiger partial charge < -0.3 is 4.98 Å². The van der Waals surface area contributed by atoms with Crippen LogP contribution in [0.5, 0.6) is 0 Å². The van der Waals surface area contributed by atoms with E-state index in [-0.39, 0.29) is 5.92 Å². The summed E-state index contributed by atoms with van der Waals surface area (Å²) in [6.07, 6.45) is 1.86. The molecule has 5 rings (SSSR count). The van der Waals surface area contributed by atoms with Gasteiger partial charge in [-0.1, -0.05) is 71.8 Å². The second-order valence-electron chi connectivity index (χ2n) is 8.54. The van der Waals surface area contributed by atoms with Crippen LogP contribution in [0.4, 0.5) is 0 Å². The number of aromatic nitrogens is 1. The first-order chi connectivity index (χ1) is 15.4. The summed E-state index contributed by atoms with van der Waals surface area (Å²) in [7, 11) is -3.74. The zero-order valence-corrected chi connectivity index (χ0v) is 19.1. The maximum atomic E-state index is 13.9. The summed E-state index contributed by atoms with van der Waals surface area (Å²) in [5.41, 5.74) is 6.17. The highest BCUT2D eigenvalue weighted by Gasteiger charge is 2.42. The van der Waals surface area contributed by atoms with E-state index in [0.29, 0.717) is 11.4 Å². The van der Waals surface area contributed by atoms with E-state index in [0.717, 1.165) is 38.9 Å². The fourth-order valence-electron chi connectivity index (χ4n) is 4.69. The summed E-state index contributed by atoms with van der Waals surface area (Å²) >= 11 is 0. The van der Waals surface area contributed by atoms with Crippen molar-refractivity contribution in [3.63, 3.8) is 0 Å². The number of benzene rings is 3. The highest BCUT2D eigenvalue weighted by molar-refractivity contribution is 7.89. The molecule has 2 heterocycles. The molecule has 2 atom stereocenters. The predicted molar refractivity (Wildman–Crippen MR) is 129 cm³/mol. The molecule has 1 aromatic heterocycles. The summed E-state index contributed by atoms with van der Waals surface area (Å²) in [5, 5.41) is 1.12. The predicted octanol–water partition coefficient (Wildman–Crippen LogP) is 5.85. The number of para-hydroxylation sites is 1. The molecule has 162 valence electrons. The first-order valence-corrected chi connectivity index (χ1v) is 12.2. The summed E-state index contributed by atoms with van der Waals surface area (Å²) < 4.78 is 29.5. The van der Waals surface area contributed by atoms with Crippen LogP contribution in [-0.2, 0) is 10.0 Å². The van der Waals surface area contributed by atoms with Crippen molar-refractivity contribution in [1.29, 1.82) is 0 Å². The molecule has 0 amide bonds. The van der Waals surface area contributed by atoms with Crippen molar-refractivity contribution < 1.29 is 8.42 Å². The summed E-state index contributed by atoms with van der Waals surface area (Å²) in [6.45, 7) is 8.38. The lowest BCUT2D eigenvalue weighted by Crippen LogP contribution is -2.42. The van der Waals surface area contributed by atoms with Crippen LogP contribution in [-0.4, -0.2) is 24.3 Å². The van der Waals surface area contributed by atoms with Crippen molar-refractivity contribution in [2.45, 2.75) is 30.7 Å². The van der Waals surface area contributed by atoms with E-state index in [1.165, 1.54) is 0 Å². The number of rotatable bonds is 4. The molecule has 32 heavy (non-hydrogen) atoms. The molecule has 0 fully saturated rings. The number of hydrogen-bond acceptors (Lipinski definition) is 2. The van der Waals surface area contributed by atoms with Gasteiger partial charge in [-0.15, -0.1) is 6.58 Å². The Bertz CT molecular complexity index is 1400. The Morgan fingerprint density at radius 2 is 1.56 bits per heavy atom. The Hall–Kier alpha value is -3.15. The standard InChI is InChI=1S/C27H26N2O2S/c1-4-20-17-29(32(30,31)22-15-11-19(3)12-16-22)27(21-13-9-18(2)10-14-21)26-25(20)23-7-5-6-8-24(23)28-26/h4-16,20,27-28H,1,17H2,2-3H3/t20-,27-/m0/s1. The number of sulfonamides is 1. The largest absolute Gasteiger partial charge is 0.357 e. The van der Waals surface area contributed by atoms with Gasteiger partial charge in [0.25, 0.3) is 0 Å². The molecule has 5 heteroatoms. The molecule has 0 saturated heterocycles. The van der Waals surface area contributed by atoms with Crippen LogP contribution in [0.1, 0.15) is 39.9 Å². The number of aryl methyl sites for hydroxylation is 2.